The number of hydrogen-bond acceptors (Lipinski definition) is 4. The lowest BCUT2D eigenvalue weighted by molar-refractivity contribution is -0.115. The Labute approximate surface area is 168 Å². The molecule has 2 rings (SSSR count). The molecule has 0 aliphatic carbocycles. The van der Waals surface area contributed by atoms with Crippen molar-refractivity contribution in [3.05, 3.63) is 59.1 Å². The first kappa shape index (κ1) is 21.2. The first-order valence-corrected chi connectivity index (χ1v) is 8.94. The molecule has 3 N–H and O–H groups in total. The largest absolute Gasteiger partial charge is 0.444 e. The van der Waals surface area contributed by atoms with Crippen LogP contribution in [0.25, 0.3) is 0 Å². The summed E-state index contributed by atoms with van der Waals surface area (Å²) in [5.41, 5.74) is 0.602. The highest BCUT2D eigenvalue weighted by Gasteiger charge is 2.17. The van der Waals surface area contributed by atoms with Crippen LogP contribution in [0.3, 0.4) is 0 Å². The highest BCUT2D eigenvalue weighted by atomic mass is 35.5. The van der Waals surface area contributed by atoms with Gasteiger partial charge in [0.2, 0.25) is 5.91 Å². The summed E-state index contributed by atoms with van der Waals surface area (Å²) in [5.74, 6) is -0.802. The van der Waals surface area contributed by atoms with E-state index in [0.29, 0.717) is 22.0 Å². The number of amides is 3. The van der Waals surface area contributed by atoms with Crippen molar-refractivity contribution >= 4 is 40.9 Å². The van der Waals surface area contributed by atoms with Crippen LogP contribution in [0.15, 0.2) is 48.5 Å². The van der Waals surface area contributed by atoms with Gasteiger partial charge in [-0.3, -0.25) is 9.59 Å². The third kappa shape index (κ3) is 6.92. The monoisotopic (exact) mass is 403 g/mol. The SMILES string of the molecule is CC(C)(C)OC(=O)NCC(=O)Nc1ccccc1NC(=O)c1ccc(Cl)cc1. The van der Waals surface area contributed by atoms with E-state index in [1.54, 1.807) is 69.3 Å². The minimum absolute atomic E-state index is 0.269. The Morgan fingerprint density at radius 3 is 2.07 bits per heavy atom. The molecule has 0 bridgehead atoms. The molecule has 3 amide bonds. The third-order valence-electron chi connectivity index (χ3n) is 3.35. The Balaban J connectivity index is 1.97. The number of carbonyl (C=O) groups is 3. The summed E-state index contributed by atoms with van der Waals surface area (Å²) in [6.45, 7) is 4.92. The molecule has 0 fully saturated rings. The molecule has 0 radical (unpaired) electrons. The number of halogens is 1. The van der Waals surface area contributed by atoms with Gasteiger partial charge >= 0.3 is 6.09 Å². The molecule has 0 saturated carbocycles. The number of benzene rings is 2. The average molecular weight is 404 g/mol. The van der Waals surface area contributed by atoms with Gasteiger partial charge in [-0.1, -0.05) is 23.7 Å². The maximum atomic E-state index is 12.4. The van der Waals surface area contributed by atoms with Gasteiger partial charge in [-0.25, -0.2) is 4.79 Å². The maximum absolute atomic E-state index is 12.4. The number of carbonyl (C=O) groups excluding carboxylic acids is 3. The quantitative estimate of drug-likeness (QED) is 0.701. The van der Waals surface area contributed by atoms with Gasteiger partial charge < -0.3 is 20.7 Å². The minimum atomic E-state index is -0.688. The van der Waals surface area contributed by atoms with E-state index >= 15 is 0 Å². The molecule has 2 aromatic carbocycles. The van der Waals surface area contributed by atoms with Crippen molar-refractivity contribution in [1.82, 2.24) is 5.32 Å². The molecule has 28 heavy (non-hydrogen) atoms. The molecular weight excluding hydrogens is 382 g/mol. The predicted molar refractivity (Wildman–Crippen MR) is 109 cm³/mol. The topological polar surface area (TPSA) is 96.5 Å². The second kappa shape index (κ2) is 9.23. The number of ether oxygens (including phenoxy) is 1. The summed E-state index contributed by atoms with van der Waals surface area (Å²) in [4.78, 5) is 36.1. The Kier molecular flexibility index (Phi) is 7.00. The third-order valence-corrected chi connectivity index (χ3v) is 3.60. The number of alkyl carbamates (subject to hydrolysis) is 1. The lowest BCUT2D eigenvalue weighted by atomic mass is 10.2. The molecule has 0 heterocycles. The molecule has 0 aliphatic rings. The number of nitrogens with one attached hydrogen (secondary N) is 3. The Morgan fingerprint density at radius 2 is 1.50 bits per heavy atom. The van der Waals surface area contributed by atoms with E-state index in [1.165, 1.54) is 0 Å². The van der Waals surface area contributed by atoms with Gasteiger partial charge in [-0.15, -0.1) is 0 Å². The number of para-hydroxylation sites is 2. The predicted octanol–water partition coefficient (Wildman–Crippen LogP) is 4.06. The van der Waals surface area contributed by atoms with E-state index in [1.807, 2.05) is 0 Å². The number of rotatable bonds is 5. The lowest BCUT2D eigenvalue weighted by Crippen LogP contribution is -2.37. The van der Waals surface area contributed by atoms with Crippen LogP contribution in [0, 0.1) is 0 Å². The van der Waals surface area contributed by atoms with E-state index < -0.39 is 17.6 Å². The normalized spacial score (nSPS) is 10.7. The molecule has 0 unspecified atom stereocenters. The molecular formula is C20H22ClN3O4. The summed E-state index contributed by atoms with van der Waals surface area (Å²) in [6, 6.07) is 13.2. The molecule has 8 heteroatoms. The second-order valence-corrected chi connectivity index (χ2v) is 7.35. The van der Waals surface area contributed by atoms with Crippen molar-refractivity contribution in [2.45, 2.75) is 26.4 Å². The molecule has 0 saturated heterocycles. The highest BCUT2D eigenvalue weighted by molar-refractivity contribution is 6.30. The Hall–Kier alpha value is -3.06. The van der Waals surface area contributed by atoms with Crippen molar-refractivity contribution in [1.29, 1.82) is 0 Å². The van der Waals surface area contributed by atoms with Gasteiger partial charge in [-0.2, -0.15) is 0 Å². The van der Waals surface area contributed by atoms with Crippen molar-refractivity contribution in [3.63, 3.8) is 0 Å². The minimum Gasteiger partial charge on any atom is -0.444 e. The standard InChI is InChI=1S/C20H22ClN3O4/c1-20(2,3)28-19(27)22-12-17(25)23-15-6-4-5-7-16(15)24-18(26)13-8-10-14(21)11-9-13/h4-11H,12H2,1-3H3,(H,22,27)(H,23,25)(H,24,26). The summed E-state index contributed by atoms with van der Waals surface area (Å²) in [6.07, 6.45) is -0.688. The summed E-state index contributed by atoms with van der Waals surface area (Å²) >= 11 is 5.83. The molecule has 0 spiro atoms. The fourth-order valence-electron chi connectivity index (χ4n) is 2.16. The van der Waals surface area contributed by atoms with Gasteiger partial charge in [0.15, 0.2) is 0 Å². The van der Waals surface area contributed by atoms with Gasteiger partial charge in [0.1, 0.15) is 12.1 Å². The summed E-state index contributed by atoms with van der Waals surface area (Å²) in [7, 11) is 0. The summed E-state index contributed by atoms with van der Waals surface area (Å²) in [5, 5.41) is 8.30. The molecule has 7 nitrogen and oxygen atoms in total. The molecule has 0 aromatic heterocycles. The smallest absolute Gasteiger partial charge is 0.408 e. The molecule has 0 aliphatic heterocycles. The zero-order chi connectivity index (χ0) is 20.7. The first-order valence-electron chi connectivity index (χ1n) is 8.57. The van der Waals surface area contributed by atoms with E-state index in [9.17, 15) is 14.4 Å². The molecule has 2 aromatic rings. The zero-order valence-electron chi connectivity index (χ0n) is 15.8. The molecule has 0 atom stereocenters. The van der Waals surface area contributed by atoms with Crippen LogP contribution in [0.2, 0.25) is 5.02 Å². The van der Waals surface area contributed by atoms with E-state index in [0.717, 1.165) is 0 Å². The van der Waals surface area contributed by atoms with Crippen LogP contribution in [0.5, 0.6) is 0 Å². The Morgan fingerprint density at radius 1 is 0.929 bits per heavy atom. The van der Waals surface area contributed by atoms with E-state index in [4.69, 9.17) is 16.3 Å². The van der Waals surface area contributed by atoms with Gasteiger partial charge in [0.25, 0.3) is 5.91 Å². The lowest BCUT2D eigenvalue weighted by Gasteiger charge is -2.19. The number of anilines is 2. The van der Waals surface area contributed by atoms with Gasteiger partial charge in [0, 0.05) is 10.6 Å². The van der Waals surface area contributed by atoms with Crippen LogP contribution in [0.4, 0.5) is 16.2 Å². The van der Waals surface area contributed by atoms with Gasteiger partial charge in [0.05, 0.1) is 11.4 Å². The fourth-order valence-corrected chi connectivity index (χ4v) is 2.28. The number of hydrogen-bond donors (Lipinski definition) is 3. The Bertz CT molecular complexity index is 860. The van der Waals surface area contributed by atoms with Crippen molar-refractivity contribution < 1.29 is 19.1 Å². The zero-order valence-corrected chi connectivity index (χ0v) is 16.6. The van der Waals surface area contributed by atoms with Gasteiger partial charge in [-0.05, 0) is 57.2 Å². The first-order chi connectivity index (χ1) is 13.1. The van der Waals surface area contributed by atoms with E-state index in [-0.39, 0.29) is 12.5 Å². The maximum Gasteiger partial charge on any atom is 0.408 e. The van der Waals surface area contributed by atoms with Crippen molar-refractivity contribution in [2.75, 3.05) is 17.2 Å². The van der Waals surface area contributed by atoms with Crippen LogP contribution < -0.4 is 16.0 Å². The van der Waals surface area contributed by atoms with Crippen LogP contribution in [-0.4, -0.2) is 30.1 Å². The van der Waals surface area contributed by atoms with Crippen LogP contribution in [0.1, 0.15) is 31.1 Å². The average Bonchev–Trinajstić information content (AvgIpc) is 2.61. The van der Waals surface area contributed by atoms with Crippen LogP contribution in [-0.2, 0) is 9.53 Å². The summed E-state index contributed by atoms with van der Waals surface area (Å²) < 4.78 is 5.08. The fraction of sp³-hybridized carbons (Fsp3) is 0.250. The van der Waals surface area contributed by atoms with Crippen LogP contribution >= 0.6 is 11.6 Å². The van der Waals surface area contributed by atoms with E-state index in [2.05, 4.69) is 16.0 Å². The van der Waals surface area contributed by atoms with Crippen molar-refractivity contribution in [2.24, 2.45) is 0 Å². The molecule has 148 valence electrons. The highest BCUT2D eigenvalue weighted by Crippen LogP contribution is 2.22. The van der Waals surface area contributed by atoms with Crippen molar-refractivity contribution in [3.8, 4) is 0 Å². The second-order valence-electron chi connectivity index (χ2n) is 6.91.